The zero-order valence-electron chi connectivity index (χ0n) is 22.4. The second kappa shape index (κ2) is 9.91. The predicted molar refractivity (Wildman–Crippen MR) is 152 cm³/mol. The molecule has 204 valence electrons. The number of hydrogen-bond donors (Lipinski definition) is 2. The monoisotopic (exact) mass is 535 g/mol. The van der Waals surface area contributed by atoms with Gasteiger partial charge in [-0.3, -0.25) is 9.59 Å². The summed E-state index contributed by atoms with van der Waals surface area (Å²) in [5, 5.41) is 11.8. The number of aromatic amines is 1. The van der Waals surface area contributed by atoms with Crippen LogP contribution in [0.15, 0.2) is 78.9 Å². The molecule has 3 aromatic carbocycles. The van der Waals surface area contributed by atoms with Crippen molar-refractivity contribution in [2.24, 2.45) is 0 Å². The van der Waals surface area contributed by atoms with Crippen LogP contribution < -0.4 is 0 Å². The van der Waals surface area contributed by atoms with E-state index in [0.29, 0.717) is 31.1 Å². The first-order valence-electron chi connectivity index (χ1n) is 14.1. The van der Waals surface area contributed by atoms with Crippen molar-refractivity contribution >= 4 is 22.7 Å². The third kappa shape index (κ3) is 4.80. The Morgan fingerprint density at radius 2 is 1.77 bits per heavy atom. The molecule has 2 aliphatic heterocycles. The van der Waals surface area contributed by atoms with Gasteiger partial charge in [-0.1, -0.05) is 60.7 Å². The summed E-state index contributed by atoms with van der Waals surface area (Å²) in [4.78, 5) is 34.2. The highest BCUT2D eigenvalue weighted by Gasteiger charge is 2.39. The van der Waals surface area contributed by atoms with Gasteiger partial charge in [0.25, 0.3) is 5.91 Å². The number of amides is 2. The molecule has 7 nitrogen and oxygen atoms in total. The number of hydrogen-bond acceptors (Lipinski definition) is 4. The maximum absolute atomic E-state index is 13.7. The number of benzene rings is 3. The van der Waals surface area contributed by atoms with Crippen molar-refractivity contribution in [1.29, 1.82) is 0 Å². The maximum Gasteiger partial charge on any atom is 0.270 e. The molecule has 0 bridgehead atoms. The van der Waals surface area contributed by atoms with Crippen LogP contribution in [0.25, 0.3) is 10.9 Å². The molecule has 4 aromatic rings. The van der Waals surface area contributed by atoms with Crippen LogP contribution in [0.3, 0.4) is 0 Å². The first kappa shape index (κ1) is 25.1. The average molecular weight is 536 g/mol. The molecule has 0 radical (unpaired) electrons. The van der Waals surface area contributed by atoms with Crippen molar-refractivity contribution in [2.45, 2.75) is 43.4 Å². The second-order valence-electron chi connectivity index (χ2n) is 11.6. The molecular formula is C33H33N3O4. The molecule has 1 aromatic heterocycles. The van der Waals surface area contributed by atoms with Crippen molar-refractivity contribution in [3.05, 3.63) is 107 Å². The molecule has 7 rings (SSSR count). The van der Waals surface area contributed by atoms with E-state index in [-0.39, 0.29) is 37.6 Å². The van der Waals surface area contributed by atoms with Gasteiger partial charge in [0.2, 0.25) is 5.91 Å². The number of piperazine rings is 1. The molecular weight excluding hydrogens is 502 g/mol. The van der Waals surface area contributed by atoms with Gasteiger partial charge in [-0.15, -0.1) is 0 Å². The fourth-order valence-corrected chi connectivity index (χ4v) is 6.03. The highest BCUT2D eigenvalue weighted by Crippen LogP contribution is 2.41. The zero-order chi connectivity index (χ0) is 27.3. The number of aliphatic hydroxyl groups is 1. The highest BCUT2D eigenvalue weighted by molar-refractivity contribution is 6.00. The Kier molecular flexibility index (Phi) is 6.21. The molecule has 3 aliphatic rings. The van der Waals surface area contributed by atoms with E-state index in [4.69, 9.17) is 4.74 Å². The smallest absolute Gasteiger partial charge is 0.270 e. The first-order chi connectivity index (χ1) is 19.4. The number of aromatic nitrogens is 1. The predicted octanol–water partition coefficient (Wildman–Crippen LogP) is 4.36. The number of carbonyl (C=O) groups excluding carboxylic acids is 2. The Morgan fingerprint density at radius 1 is 0.975 bits per heavy atom. The van der Waals surface area contributed by atoms with E-state index in [1.807, 2.05) is 53.4 Å². The summed E-state index contributed by atoms with van der Waals surface area (Å²) in [6.45, 7) is 1.45. The lowest BCUT2D eigenvalue weighted by Gasteiger charge is -2.41. The van der Waals surface area contributed by atoms with E-state index in [1.165, 1.54) is 18.4 Å². The zero-order valence-corrected chi connectivity index (χ0v) is 22.4. The maximum atomic E-state index is 13.7. The summed E-state index contributed by atoms with van der Waals surface area (Å²) in [5.41, 5.74) is 4.70. The summed E-state index contributed by atoms with van der Waals surface area (Å²) in [5.74, 6) is 0.418. The quantitative estimate of drug-likeness (QED) is 0.368. The van der Waals surface area contributed by atoms with Gasteiger partial charge in [0.05, 0.1) is 19.3 Å². The third-order valence-electron chi connectivity index (χ3n) is 8.54. The SMILES string of the molecule is O=C(c1cc2cc(C3CC3)ccc2[nH]1)N1CC(=O)N(Cc2cccc(C3(O)COC3)c2)[C@@H](Cc2ccccc2)C1. The highest BCUT2D eigenvalue weighted by atomic mass is 16.5. The van der Waals surface area contributed by atoms with Crippen LogP contribution in [0.2, 0.25) is 0 Å². The molecule has 1 atom stereocenters. The van der Waals surface area contributed by atoms with E-state index in [1.54, 1.807) is 4.90 Å². The molecule has 2 amide bonds. The number of rotatable bonds is 7. The molecule has 1 aliphatic carbocycles. The number of carbonyl (C=O) groups is 2. The van der Waals surface area contributed by atoms with Gasteiger partial charge < -0.3 is 24.6 Å². The van der Waals surface area contributed by atoms with E-state index in [0.717, 1.165) is 27.6 Å². The Labute approximate surface area is 233 Å². The Hall–Kier alpha value is -3.94. The molecule has 0 unspecified atom stereocenters. The summed E-state index contributed by atoms with van der Waals surface area (Å²) in [6, 6.07) is 26.0. The molecule has 0 spiro atoms. The van der Waals surface area contributed by atoms with Crippen LogP contribution in [0.1, 0.15) is 51.5 Å². The van der Waals surface area contributed by atoms with Crippen molar-refractivity contribution in [1.82, 2.24) is 14.8 Å². The standard InChI is InChI=1S/C33H33N3O4/c37-31-19-35(32(38)30-16-26-15-25(24-9-10-24)11-12-29(26)34-30)18-28(14-22-5-2-1-3-6-22)36(31)17-23-7-4-8-27(13-23)33(39)20-40-21-33/h1-8,11-13,15-16,24,28,34,39H,9-10,14,17-21H2/t28-/m0/s1. The van der Waals surface area contributed by atoms with Crippen LogP contribution in [-0.4, -0.2) is 64.0 Å². The number of ether oxygens (including phenoxy) is 1. The minimum absolute atomic E-state index is 0.0320. The first-order valence-corrected chi connectivity index (χ1v) is 14.1. The number of nitrogens with one attached hydrogen (secondary N) is 1. The van der Waals surface area contributed by atoms with Gasteiger partial charge in [-0.05, 0) is 65.6 Å². The Morgan fingerprint density at radius 3 is 2.52 bits per heavy atom. The van der Waals surface area contributed by atoms with Crippen molar-refractivity contribution in [2.75, 3.05) is 26.3 Å². The molecule has 3 heterocycles. The lowest BCUT2D eigenvalue weighted by molar-refractivity contribution is -0.184. The largest absolute Gasteiger partial charge is 0.380 e. The van der Waals surface area contributed by atoms with Gasteiger partial charge >= 0.3 is 0 Å². The summed E-state index contributed by atoms with van der Waals surface area (Å²) in [7, 11) is 0. The van der Waals surface area contributed by atoms with Crippen LogP contribution >= 0.6 is 0 Å². The van der Waals surface area contributed by atoms with Crippen molar-refractivity contribution in [3.8, 4) is 0 Å². The van der Waals surface area contributed by atoms with E-state index in [2.05, 4.69) is 35.3 Å². The van der Waals surface area contributed by atoms with Gasteiger partial charge in [0, 0.05) is 24.0 Å². The summed E-state index contributed by atoms with van der Waals surface area (Å²) in [6.07, 6.45) is 3.11. The number of fused-ring (bicyclic) bond motifs is 1. The van der Waals surface area contributed by atoms with Gasteiger partial charge in [-0.25, -0.2) is 0 Å². The van der Waals surface area contributed by atoms with Gasteiger partial charge in [0.1, 0.15) is 17.8 Å². The van der Waals surface area contributed by atoms with E-state index < -0.39 is 5.60 Å². The summed E-state index contributed by atoms with van der Waals surface area (Å²) < 4.78 is 5.24. The fourth-order valence-electron chi connectivity index (χ4n) is 6.03. The molecule has 40 heavy (non-hydrogen) atoms. The molecule has 2 saturated heterocycles. The lowest BCUT2D eigenvalue weighted by atomic mass is 9.90. The Bertz CT molecular complexity index is 1570. The van der Waals surface area contributed by atoms with E-state index >= 15 is 0 Å². The lowest BCUT2D eigenvalue weighted by Crippen LogP contribution is -2.58. The normalized spacial score (nSPS) is 20.5. The fraction of sp³-hybridized carbons (Fsp3) is 0.333. The molecule has 2 N–H and O–H groups in total. The number of H-pyrrole nitrogens is 1. The molecule has 7 heteroatoms. The van der Waals surface area contributed by atoms with Crippen LogP contribution in [0, 0.1) is 0 Å². The Balaban J connectivity index is 1.14. The summed E-state index contributed by atoms with van der Waals surface area (Å²) >= 11 is 0. The minimum atomic E-state index is -0.965. The average Bonchev–Trinajstić information content (AvgIpc) is 3.72. The number of nitrogens with zero attached hydrogens (tertiary/aromatic N) is 2. The van der Waals surface area contributed by atoms with Crippen molar-refractivity contribution < 1.29 is 19.4 Å². The topological polar surface area (TPSA) is 85.9 Å². The molecule has 1 saturated carbocycles. The van der Waals surface area contributed by atoms with Crippen LogP contribution in [0.5, 0.6) is 0 Å². The molecule has 3 fully saturated rings. The third-order valence-corrected chi connectivity index (χ3v) is 8.54. The minimum Gasteiger partial charge on any atom is -0.380 e. The van der Waals surface area contributed by atoms with Gasteiger partial charge in [-0.2, -0.15) is 0 Å². The van der Waals surface area contributed by atoms with E-state index in [9.17, 15) is 14.7 Å². The van der Waals surface area contributed by atoms with Gasteiger partial charge in [0.15, 0.2) is 0 Å². The van der Waals surface area contributed by atoms with Crippen LogP contribution in [0.4, 0.5) is 0 Å². The van der Waals surface area contributed by atoms with Crippen LogP contribution in [-0.2, 0) is 28.1 Å². The van der Waals surface area contributed by atoms with Crippen molar-refractivity contribution in [3.63, 3.8) is 0 Å². The second-order valence-corrected chi connectivity index (χ2v) is 11.6.